The van der Waals surface area contributed by atoms with Crippen molar-refractivity contribution in [1.82, 2.24) is 10.4 Å². The van der Waals surface area contributed by atoms with Gasteiger partial charge in [0.2, 0.25) is 5.91 Å². The molecule has 2 aromatic rings. The number of nitrogens with zero attached hydrogens (tertiary/aromatic N) is 3. The molecule has 3 N–H and O–H groups in total. The number of rotatable bonds is 4. The molecule has 24 heavy (non-hydrogen) atoms. The van der Waals surface area contributed by atoms with Gasteiger partial charge in [0.05, 0.1) is 28.6 Å². The fraction of sp³-hybridized carbons (Fsp3) is 0.353. The van der Waals surface area contributed by atoms with Crippen molar-refractivity contribution in [3.05, 3.63) is 34.7 Å². The van der Waals surface area contributed by atoms with Gasteiger partial charge in [0.1, 0.15) is 5.92 Å². The smallest absolute Gasteiger partial charge is 0.238 e. The zero-order chi connectivity index (χ0) is 16.7. The van der Waals surface area contributed by atoms with Gasteiger partial charge >= 0.3 is 0 Å². The third-order valence-corrected chi connectivity index (χ3v) is 5.18. The Labute approximate surface area is 144 Å². The lowest BCUT2D eigenvalue weighted by Gasteiger charge is -2.34. The molecule has 0 radical (unpaired) electrons. The van der Waals surface area contributed by atoms with E-state index >= 15 is 0 Å². The number of fused-ring (bicyclic) bond motifs is 3. The zero-order valence-corrected chi connectivity index (χ0v) is 14.2. The van der Waals surface area contributed by atoms with Gasteiger partial charge in [0.25, 0.3) is 0 Å². The van der Waals surface area contributed by atoms with Crippen molar-refractivity contribution in [1.29, 1.82) is 0 Å². The van der Waals surface area contributed by atoms with Crippen LogP contribution in [0.15, 0.2) is 34.2 Å². The summed E-state index contributed by atoms with van der Waals surface area (Å²) < 4.78 is 0. The van der Waals surface area contributed by atoms with Gasteiger partial charge in [-0.25, -0.2) is 4.98 Å². The van der Waals surface area contributed by atoms with Gasteiger partial charge in [-0.15, -0.1) is 11.3 Å². The summed E-state index contributed by atoms with van der Waals surface area (Å²) in [6.45, 7) is 3.19. The highest BCUT2D eigenvalue weighted by Crippen LogP contribution is 2.37. The third kappa shape index (κ3) is 2.32. The van der Waals surface area contributed by atoms with Gasteiger partial charge < -0.3 is 16.1 Å². The predicted octanol–water partition coefficient (Wildman–Crippen LogP) is 1.82. The second-order valence-electron chi connectivity index (χ2n) is 6.13. The molecule has 2 unspecified atom stereocenters. The number of carbonyl (C=O) groups is 1. The zero-order valence-electron chi connectivity index (χ0n) is 13.4. The van der Waals surface area contributed by atoms with Crippen LogP contribution in [-0.4, -0.2) is 35.7 Å². The van der Waals surface area contributed by atoms with E-state index in [1.807, 2.05) is 34.8 Å². The fourth-order valence-corrected chi connectivity index (χ4v) is 3.93. The Morgan fingerprint density at radius 3 is 3.04 bits per heavy atom. The average molecular weight is 341 g/mol. The summed E-state index contributed by atoms with van der Waals surface area (Å²) in [6, 6.07) is 6.12. The van der Waals surface area contributed by atoms with E-state index in [-0.39, 0.29) is 17.9 Å². The number of nitrogens with two attached hydrogens (primary N) is 1. The highest BCUT2D eigenvalue weighted by molar-refractivity contribution is 7.07. The summed E-state index contributed by atoms with van der Waals surface area (Å²) in [5, 5.41) is 6.47. The first-order chi connectivity index (χ1) is 11.7. The standard InChI is InChI=1S/C17H19N5OS/c1-10-15-16(21-20-10)12-7-11(13-8-24-9-19-13)3-4-14(12)22(17(15)23)6-2-5-18/h3-4,7-10,15,20H,2,5-6,18H2,1H3. The van der Waals surface area contributed by atoms with Crippen molar-refractivity contribution < 1.29 is 4.79 Å². The third-order valence-electron chi connectivity index (χ3n) is 4.59. The Morgan fingerprint density at radius 2 is 2.29 bits per heavy atom. The van der Waals surface area contributed by atoms with Crippen molar-refractivity contribution in [2.24, 2.45) is 16.8 Å². The first-order valence-corrected chi connectivity index (χ1v) is 9.02. The number of thiazole rings is 1. The molecule has 124 valence electrons. The van der Waals surface area contributed by atoms with E-state index < -0.39 is 0 Å². The van der Waals surface area contributed by atoms with Gasteiger partial charge in [-0.2, -0.15) is 5.10 Å². The summed E-state index contributed by atoms with van der Waals surface area (Å²) in [5.41, 5.74) is 15.3. The Morgan fingerprint density at radius 1 is 1.42 bits per heavy atom. The number of aromatic nitrogens is 1. The van der Waals surface area contributed by atoms with Crippen LogP contribution in [0.3, 0.4) is 0 Å². The summed E-state index contributed by atoms with van der Waals surface area (Å²) in [6.07, 6.45) is 0.778. The molecule has 0 aliphatic carbocycles. The molecule has 1 aromatic carbocycles. The molecule has 0 saturated carbocycles. The minimum atomic E-state index is -0.235. The number of benzene rings is 1. The lowest BCUT2D eigenvalue weighted by atomic mass is 9.85. The van der Waals surface area contributed by atoms with E-state index in [0.29, 0.717) is 13.1 Å². The second-order valence-corrected chi connectivity index (χ2v) is 6.85. The summed E-state index contributed by atoms with van der Waals surface area (Å²) in [7, 11) is 0. The second kappa shape index (κ2) is 5.99. The minimum Gasteiger partial charge on any atom is -0.330 e. The van der Waals surface area contributed by atoms with Crippen molar-refractivity contribution in [3.63, 3.8) is 0 Å². The first kappa shape index (κ1) is 15.3. The number of hydrogen-bond donors (Lipinski definition) is 2. The maximum absolute atomic E-state index is 13.0. The van der Waals surface area contributed by atoms with Gasteiger partial charge in [0, 0.05) is 23.1 Å². The van der Waals surface area contributed by atoms with Gasteiger partial charge in [-0.05, 0) is 32.0 Å². The van der Waals surface area contributed by atoms with E-state index in [2.05, 4.69) is 21.6 Å². The van der Waals surface area contributed by atoms with E-state index in [1.165, 1.54) is 0 Å². The van der Waals surface area contributed by atoms with Gasteiger partial charge in [0.15, 0.2) is 0 Å². The number of hydrazone groups is 1. The number of nitrogens with one attached hydrogen (secondary N) is 1. The molecule has 2 atom stereocenters. The van der Waals surface area contributed by atoms with Gasteiger partial charge in [-0.3, -0.25) is 4.79 Å². The molecule has 4 rings (SSSR count). The Bertz CT molecular complexity index is 801. The summed E-state index contributed by atoms with van der Waals surface area (Å²) in [4.78, 5) is 19.2. The molecular weight excluding hydrogens is 322 g/mol. The molecule has 6 nitrogen and oxygen atoms in total. The quantitative estimate of drug-likeness (QED) is 0.888. The molecule has 0 saturated heterocycles. The number of anilines is 1. The van der Waals surface area contributed by atoms with Crippen LogP contribution in [-0.2, 0) is 4.79 Å². The highest BCUT2D eigenvalue weighted by Gasteiger charge is 2.43. The van der Waals surface area contributed by atoms with Crippen LogP contribution in [0.1, 0.15) is 18.9 Å². The number of carbonyl (C=O) groups excluding carboxylic acids is 1. The predicted molar refractivity (Wildman–Crippen MR) is 96.2 cm³/mol. The van der Waals surface area contributed by atoms with E-state index in [4.69, 9.17) is 5.73 Å². The molecular formula is C17H19N5OS. The molecule has 1 aromatic heterocycles. The van der Waals surface area contributed by atoms with Crippen LogP contribution in [0, 0.1) is 5.92 Å². The van der Waals surface area contributed by atoms with E-state index in [0.717, 1.165) is 34.6 Å². The topological polar surface area (TPSA) is 83.6 Å². The average Bonchev–Trinajstić information content (AvgIpc) is 3.24. The largest absolute Gasteiger partial charge is 0.330 e. The van der Waals surface area contributed by atoms with Crippen LogP contribution in [0.4, 0.5) is 5.69 Å². The maximum atomic E-state index is 13.0. The highest BCUT2D eigenvalue weighted by atomic mass is 32.1. The number of amides is 1. The van der Waals surface area contributed by atoms with E-state index in [9.17, 15) is 4.79 Å². The van der Waals surface area contributed by atoms with Crippen molar-refractivity contribution in [2.75, 3.05) is 18.0 Å². The summed E-state index contributed by atoms with van der Waals surface area (Å²) >= 11 is 1.57. The van der Waals surface area contributed by atoms with Crippen molar-refractivity contribution in [2.45, 2.75) is 19.4 Å². The van der Waals surface area contributed by atoms with Crippen LogP contribution in [0.5, 0.6) is 0 Å². The van der Waals surface area contributed by atoms with Gasteiger partial charge in [-0.1, -0.05) is 6.07 Å². The van der Waals surface area contributed by atoms with Crippen LogP contribution in [0.2, 0.25) is 0 Å². The Kier molecular flexibility index (Phi) is 3.82. The fourth-order valence-electron chi connectivity index (χ4n) is 3.37. The Hall–Kier alpha value is -2.25. The van der Waals surface area contributed by atoms with E-state index in [1.54, 1.807) is 11.3 Å². The molecule has 0 fully saturated rings. The molecule has 7 heteroatoms. The molecule has 0 bridgehead atoms. The maximum Gasteiger partial charge on any atom is 0.238 e. The lowest BCUT2D eigenvalue weighted by Crippen LogP contribution is -2.48. The first-order valence-electron chi connectivity index (χ1n) is 8.08. The molecule has 2 aliphatic heterocycles. The normalized spacial score (nSPS) is 22.0. The summed E-state index contributed by atoms with van der Waals surface area (Å²) in [5.74, 6) is -0.130. The SMILES string of the molecule is CC1NN=C2c3cc(-c4cscn4)ccc3N(CCCN)C(=O)C21. The molecule has 2 aliphatic rings. The number of hydrogen-bond acceptors (Lipinski definition) is 6. The van der Waals surface area contributed by atoms with Crippen LogP contribution < -0.4 is 16.1 Å². The monoisotopic (exact) mass is 341 g/mol. The van der Waals surface area contributed by atoms with Crippen LogP contribution in [0.25, 0.3) is 11.3 Å². The lowest BCUT2D eigenvalue weighted by molar-refractivity contribution is -0.121. The van der Waals surface area contributed by atoms with Crippen molar-refractivity contribution in [3.8, 4) is 11.3 Å². The van der Waals surface area contributed by atoms with Crippen LogP contribution >= 0.6 is 11.3 Å². The molecule has 0 spiro atoms. The molecule has 3 heterocycles. The minimum absolute atomic E-state index is 0.00366. The molecule has 1 amide bonds. The van der Waals surface area contributed by atoms with Crippen molar-refractivity contribution >= 4 is 28.6 Å². The Balaban J connectivity index is 1.83.